The van der Waals surface area contributed by atoms with E-state index in [1.54, 1.807) is 6.92 Å². The minimum atomic E-state index is -0.409. The molecular formula is C8H13NO2. The van der Waals surface area contributed by atoms with Crippen LogP contribution >= 0.6 is 0 Å². The summed E-state index contributed by atoms with van der Waals surface area (Å²) in [6.07, 6.45) is 0.883. The summed E-state index contributed by atoms with van der Waals surface area (Å²) in [5.41, 5.74) is -0.409. The first-order chi connectivity index (χ1) is 5.18. The molecule has 1 saturated heterocycles. The molecule has 0 aromatic heterocycles. The van der Waals surface area contributed by atoms with E-state index in [9.17, 15) is 0 Å². The molecule has 1 fully saturated rings. The van der Waals surface area contributed by atoms with E-state index in [1.165, 1.54) is 0 Å². The molecule has 0 aromatic carbocycles. The van der Waals surface area contributed by atoms with Crippen molar-refractivity contribution >= 4 is 0 Å². The molecule has 62 valence electrons. The van der Waals surface area contributed by atoms with Crippen LogP contribution in [0.15, 0.2) is 0 Å². The molecule has 2 atom stereocenters. The first-order valence-corrected chi connectivity index (χ1v) is 3.86. The van der Waals surface area contributed by atoms with Crippen molar-refractivity contribution in [2.45, 2.75) is 25.9 Å². The topological polar surface area (TPSA) is 53.2 Å². The van der Waals surface area contributed by atoms with Crippen molar-refractivity contribution in [1.82, 2.24) is 0 Å². The molecule has 1 rings (SSSR count). The third-order valence-electron chi connectivity index (χ3n) is 2.03. The maximum Gasteiger partial charge on any atom is 0.0853 e. The van der Waals surface area contributed by atoms with Crippen molar-refractivity contribution in [3.05, 3.63) is 0 Å². The molecule has 0 spiro atoms. The lowest BCUT2D eigenvalue weighted by Gasteiger charge is -2.19. The predicted octanol–water partition coefficient (Wildman–Crippen LogP) is 0.688. The monoisotopic (exact) mass is 155 g/mol. The molecule has 0 bridgehead atoms. The van der Waals surface area contributed by atoms with E-state index in [-0.39, 0.29) is 0 Å². The van der Waals surface area contributed by atoms with Crippen LogP contribution in [0.5, 0.6) is 0 Å². The Bertz CT molecular complexity index is 165. The van der Waals surface area contributed by atoms with Crippen LogP contribution in [0.2, 0.25) is 0 Å². The second-order valence-electron chi connectivity index (χ2n) is 3.25. The Hall–Kier alpha value is -0.590. The van der Waals surface area contributed by atoms with Crippen LogP contribution in [0.1, 0.15) is 19.8 Å². The predicted molar refractivity (Wildman–Crippen MR) is 39.8 cm³/mol. The van der Waals surface area contributed by atoms with Gasteiger partial charge < -0.3 is 9.84 Å². The molecular weight excluding hydrogens is 142 g/mol. The number of aliphatic hydroxyl groups is 1. The fraction of sp³-hybridized carbons (Fsp3) is 0.875. The molecule has 0 radical (unpaired) electrons. The molecule has 3 heteroatoms. The Morgan fingerprint density at radius 3 is 2.91 bits per heavy atom. The highest BCUT2D eigenvalue weighted by molar-refractivity contribution is 5.02. The fourth-order valence-electron chi connectivity index (χ4n) is 1.47. The lowest BCUT2D eigenvalue weighted by atomic mass is 9.84. The Kier molecular flexibility index (Phi) is 2.48. The van der Waals surface area contributed by atoms with Crippen molar-refractivity contribution in [1.29, 1.82) is 5.26 Å². The number of hydrogen-bond acceptors (Lipinski definition) is 3. The molecule has 1 N–H and O–H groups in total. The van der Waals surface area contributed by atoms with Crippen LogP contribution in [0.3, 0.4) is 0 Å². The Morgan fingerprint density at radius 1 is 1.82 bits per heavy atom. The molecule has 0 saturated carbocycles. The summed E-state index contributed by atoms with van der Waals surface area (Å²) in [6.45, 7) is 2.84. The Balaban J connectivity index is 2.54. The van der Waals surface area contributed by atoms with Gasteiger partial charge in [-0.2, -0.15) is 5.26 Å². The summed E-state index contributed by atoms with van der Waals surface area (Å²) in [4.78, 5) is 0. The van der Waals surface area contributed by atoms with Crippen LogP contribution in [-0.2, 0) is 4.74 Å². The van der Waals surface area contributed by atoms with Crippen LogP contribution in [0, 0.1) is 16.7 Å². The largest absolute Gasteiger partial charge is 0.393 e. The molecule has 11 heavy (non-hydrogen) atoms. The summed E-state index contributed by atoms with van der Waals surface area (Å²) in [7, 11) is 0. The number of nitrogens with zero attached hydrogens (tertiary/aromatic N) is 1. The normalized spacial score (nSPS) is 33.2. The van der Waals surface area contributed by atoms with Gasteiger partial charge in [0, 0.05) is 6.61 Å². The number of rotatable bonds is 2. The molecule has 1 heterocycles. The second kappa shape index (κ2) is 3.21. The van der Waals surface area contributed by atoms with Crippen LogP contribution in [0.25, 0.3) is 0 Å². The molecule has 2 unspecified atom stereocenters. The zero-order valence-electron chi connectivity index (χ0n) is 6.71. The standard InChI is InChI=1S/C8H13NO2/c1-7(10)4-8(5-9)2-3-11-6-8/h7,10H,2-4,6H2,1H3. The molecule has 0 aliphatic carbocycles. The first kappa shape index (κ1) is 8.51. The zero-order chi connectivity index (χ0) is 8.32. The van der Waals surface area contributed by atoms with Gasteiger partial charge in [0.1, 0.15) is 0 Å². The lowest BCUT2D eigenvalue weighted by molar-refractivity contribution is 0.117. The molecule has 3 nitrogen and oxygen atoms in total. The average molecular weight is 155 g/mol. The van der Waals surface area contributed by atoms with Crippen LogP contribution < -0.4 is 0 Å². The third-order valence-corrected chi connectivity index (χ3v) is 2.03. The highest BCUT2D eigenvalue weighted by Crippen LogP contribution is 2.32. The van der Waals surface area contributed by atoms with Crippen molar-refractivity contribution < 1.29 is 9.84 Å². The van der Waals surface area contributed by atoms with E-state index in [1.807, 2.05) is 0 Å². The SMILES string of the molecule is CC(O)CC1(C#N)CCOC1. The van der Waals surface area contributed by atoms with E-state index in [2.05, 4.69) is 6.07 Å². The Morgan fingerprint density at radius 2 is 2.55 bits per heavy atom. The fourth-order valence-corrected chi connectivity index (χ4v) is 1.47. The number of aliphatic hydroxyl groups excluding tert-OH is 1. The average Bonchev–Trinajstić information content (AvgIpc) is 2.36. The minimum absolute atomic E-state index is 0.406. The van der Waals surface area contributed by atoms with E-state index in [0.717, 1.165) is 6.42 Å². The van der Waals surface area contributed by atoms with Gasteiger partial charge >= 0.3 is 0 Å². The smallest absolute Gasteiger partial charge is 0.0853 e. The highest BCUT2D eigenvalue weighted by Gasteiger charge is 2.35. The summed E-state index contributed by atoms with van der Waals surface area (Å²) in [6, 6.07) is 2.22. The summed E-state index contributed by atoms with van der Waals surface area (Å²) >= 11 is 0. The van der Waals surface area contributed by atoms with Gasteiger partial charge in [0.2, 0.25) is 0 Å². The zero-order valence-corrected chi connectivity index (χ0v) is 6.71. The maximum absolute atomic E-state index is 9.10. The number of ether oxygens (including phenoxy) is 1. The molecule has 1 aliphatic rings. The van der Waals surface area contributed by atoms with Crippen molar-refractivity contribution in [2.24, 2.45) is 5.41 Å². The van der Waals surface area contributed by atoms with Gasteiger partial charge in [-0.25, -0.2) is 0 Å². The van der Waals surface area contributed by atoms with Crippen molar-refractivity contribution in [3.63, 3.8) is 0 Å². The van der Waals surface area contributed by atoms with Gasteiger partial charge in [0.05, 0.1) is 24.2 Å². The van der Waals surface area contributed by atoms with Gasteiger partial charge in [0.15, 0.2) is 0 Å². The Labute approximate surface area is 66.6 Å². The number of nitriles is 1. The quantitative estimate of drug-likeness (QED) is 0.638. The van der Waals surface area contributed by atoms with Gasteiger partial charge in [0.25, 0.3) is 0 Å². The summed E-state index contributed by atoms with van der Waals surface area (Å²) in [5, 5.41) is 17.9. The van der Waals surface area contributed by atoms with E-state index < -0.39 is 11.5 Å². The maximum atomic E-state index is 9.10. The van der Waals surface area contributed by atoms with Gasteiger partial charge in [-0.1, -0.05) is 0 Å². The van der Waals surface area contributed by atoms with Crippen molar-refractivity contribution in [3.8, 4) is 6.07 Å². The highest BCUT2D eigenvalue weighted by atomic mass is 16.5. The second-order valence-corrected chi connectivity index (χ2v) is 3.25. The molecule has 0 aromatic rings. The lowest BCUT2D eigenvalue weighted by Crippen LogP contribution is -2.23. The van der Waals surface area contributed by atoms with Crippen molar-refractivity contribution in [2.75, 3.05) is 13.2 Å². The molecule has 1 aliphatic heterocycles. The van der Waals surface area contributed by atoms with E-state index in [4.69, 9.17) is 15.1 Å². The van der Waals surface area contributed by atoms with Crippen LogP contribution in [-0.4, -0.2) is 24.4 Å². The first-order valence-electron chi connectivity index (χ1n) is 3.86. The van der Waals surface area contributed by atoms with E-state index in [0.29, 0.717) is 19.6 Å². The van der Waals surface area contributed by atoms with Gasteiger partial charge in [-0.3, -0.25) is 0 Å². The minimum Gasteiger partial charge on any atom is -0.393 e. The molecule has 0 amide bonds. The summed E-state index contributed by atoms with van der Waals surface area (Å²) < 4.78 is 5.12. The van der Waals surface area contributed by atoms with Crippen LogP contribution in [0.4, 0.5) is 0 Å². The van der Waals surface area contributed by atoms with Gasteiger partial charge in [-0.05, 0) is 19.8 Å². The number of hydrogen-bond donors (Lipinski definition) is 1. The summed E-state index contributed by atoms with van der Waals surface area (Å²) in [5.74, 6) is 0. The third kappa shape index (κ3) is 1.92. The van der Waals surface area contributed by atoms with Gasteiger partial charge in [-0.15, -0.1) is 0 Å². The van der Waals surface area contributed by atoms with E-state index >= 15 is 0 Å².